The van der Waals surface area contributed by atoms with Crippen molar-refractivity contribution in [3.63, 3.8) is 0 Å². The van der Waals surface area contributed by atoms with Gasteiger partial charge in [0.25, 0.3) is 5.91 Å². The summed E-state index contributed by atoms with van der Waals surface area (Å²) in [6, 6.07) is 0. The average Bonchev–Trinajstić information content (AvgIpc) is 2.64. The summed E-state index contributed by atoms with van der Waals surface area (Å²) < 4.78 is 14.8. The van der Waals surface area contributed by atoms with Crippen LogP contribution in [0, 0.1) is 5.41 Å². The van der Waals surface area contributed by atoms with Gasteiger partial charge in [0.1, 0.15) is 6.10 Å². The lowest BCUT2D eigenvalue weighted by Gasteiger charge is -2.52. The van der Waals surface area contributed by atoms with Crippen molar-refractivity contribution in [3.05, 3.63) is 0 Å². The molecule has 0 aromatic carbocycles. The van der Waals surface area contributed by atoms with Gasteiger partial charge in [0, 0.05) is 13.3 Å². The minimum absolute atomic E-state index is 0.0425. The van der Waals surface area contributed by atoms with Crippen LogP contribution in [0.2, 0.25) is 0 Å². The zero-order valence-corrected chi connectivity index (χ0v) is 13.0. The largest absolute Gasteiger partial charge is 0.465 e. The summed E-state index contributed by atoms with van der Waals surface area (Å²) in [4.78, 5) is 60.2. The molecule has 1 N–H and O–H groups in total. The van der Waals surface area contributed by atoms with E-state index in [1.807, 2.05) is 0 Å². The van der Waals surface area contributed by atoms with Crippen molar-refractivity contribution in [1.29, 1.82) is 0 Å². The zero-order valence-electron chi connectivity index (χ0n) is 13.0. The molecule has 2 aliphatic rings. The first-order valence-corrected chi connectivity index (χ1v) is 7.16. The molecule has 1 aliphatic carbocycles. The van der Waals surface area contributed by atoms with E-state index in [0.717, 1.165) is 6.92 Å². The molecule has 3 atom stereocenters. The highest BCUT2D eigenvalue weighted by atomic mass is 16.6. The normalized spacial score (nSPS) is 31.5. The topological polar surface area (TPSA) is 125 Å². The molecule has 1 amide bonds. The summed E-state index contributed by atoms with van der Waals surface area (Å²) in [6.07, 6.45) is -1.50. The molecule has 0 aromatic rings. The summed E-state index contributed by atoms with van der Waals surface area (Å²) in [7, 11) is 0. The molecule has 1 saturated carbocycles. The Morgan fingerprint density at radius 1 is 1.13 bits per heavy atom. The van der Waals surface area contributed by atoms with Crippen LogP contribution >= 0.6 is 0 Å². The van der Waals surface area contributed by atoms with Crippen LogP contribution in [0.5, 0.6) is 0 Å². The van der Waals surface area contributed by atoms with Crippen LogP contribution in [-0.2, 0) is 38.2 Å². The fourth-order valence-electron chi connectivity index (χ4n) is 3.15. The van der Waals surface area contributed by atoms with Crippen LogP contribution in [0.4, 0.5) is 0 Å². The standard InChI is InChI=1S/C14H17NO8/c1-4-21-11(19)13-6-8(23-7(3)16)14(13,12(20)22-5-2)15-10(18)9(13)17/h8H,4-6H2,1-3H3,(H,15,18)/t8-,13-,14+/m1/s1. The maximum Gasteiger partial charge on any atom is 0.337 e. The summed E-state index contributed by atoms with van der Waals surface area (Å²) in [5.74, 6) is -4.94. The second-order valence-corrected chi connectivity index (χ2v) is 5.24. The second kappa shape index (κ2) is 5.64. The predicted octanol–water partition coefficient (Wildman–Crippen LogP) is -1.13. The van der Waals surface area contributed by atoms with Gasteiger partial charge in [-0.2, -0.15) is 0 Å². The van der Waals surface area contributed by atoms with Gasteiger partial charge in [-0.05, 0) is 13.8 Å². The maximum absolute atomic E-state index is 12.4. The number of hydrogen-bond acceptors (Lipinski definition) is 8. The Hall–Kier alpha value is -2.45. The second-order valence-electron chi connectivity index (χ2n) is 5.24. The number of hydrogen-bond donors (Lipinski definition) is 1. The van der Waals surface area contributed by atoms with Gasteiger partial charge in [-0.15, -0.1) is 0 Å². The fraction of sp³-hybridized carbons (Fsp3) is 0.643. The first-order valence-electron chi connectivity index (χ1n) is 7.16. The van der Waals surface area contributed by atoms with E-state index in [0.29, 0.717) is 0 Å². The molecule has 23 heavy (non-hydrogen) atoms. The quantitative estimate of drug-likeness (QED) is 0.291. The zero-order chi connectivity index (χ0) is 17.4. The molecule has 0 spiro atoms. The van der Waals surface area contributed by atoms with E-state index < -0.39 is 46.7 Å². The molecule has 9 nitrogen and oxygen atoms in total. The third-order valence-corrected chi connectivity index (χ3v) is 4.08. The van der Waals surface area contributed by atoms with Crippen molar-refractivity contribution in [3.8, 4) is 0 Å². The van der Waals surface area contributed by atoms with Crippen molar-refractivity contribution in [1.82, 2.24) is 5.32 Å². The maximum atomic E-state index is 12.4. The predicted molar refractivity (Wildman–Crippen MR) is 71.8 cm³/mol. The minimum Gasteiger partial charge on any atom is -0.465 e. The van der Waals surface area contributed by atoms with Gasteiger partial charge in [0.15, 0.2) is 11.0 Å². The van der Waals surface area contributed by atoms with E-state index in [-0.39, 0.29) is 19.6 Å². The molecule has 2 fully saturated rings. The van der Waals surface area contributed by atoms with Gasteiger partial charge in [-0.3, -0.25) is 19.2 Å². The Morgan fingerprint density at radius 3 is 2.22 bits per heavy atom. The number of rotatable bonds is 5. The number of carbonyl (C=O) groups excluding carboxylic acids is 5. The number of fused-ring (bicyclic) bond motifs is 1. The van der Waals surface area contributed by atoms with Crippen molar-refractivity contribution in [2.45, 2.75) is 38.8 Å². The van der Waals surface area contributed by atoms with E-state index >= 15 is 0 Å². The van der Waals surface area contributed by atoms with Crippen molar-refractivity contribution < 1.29 is 38.2 Å². The number of Topliss-reactive ketones (excluding diaryl/α,β-unsaturated/α-hetero) is 1. The Balaban J connectivity index is 2.54. The van der Waals surface area contributed by atoms with E-state index in [1.54, 1.807) is 0 Å². The molecule has 0 radical (unpaired) electrons. The third kappa shape index (κ3) is 2.02. The van der Waals surface area contributed by atoms with Crippen molar-refractivity contribution in [2.75, 3.05) is 13.2 Å². The summed E-state index contributed by atoms with van der Waals surface area (Å²) >= 11 is 0. The molecule has 1 aliphatic heterocycles. The van der Waals surface area contributed by atoms with Gasteiger partial charge in [-0.25, -0.2) is 4.79 Å². The van der Waals surface area contributed by atoms with Crippen LogP contribution in [-0.4, -0.2) is 54.5 Å². The van der Waals surface area contributed by atoms with Crippen LogP contribution in [0.25, 0.3) is 0 Å². The Kier molecular flexibility index (Phi) is 4.14. The lowest BCUT2D eigenvalue weighted by atomic mass is 9.52. The minimum atomic E-state index is -2.07. The lowest BCUT2D eigenvalue weighted by molar-refractivity contribution is -0.210. The molecular weight excluding hydrogens is 310 g/mol. The third-order valence-electron chi connectivity index (χ3n) is 4.08. The fourth-order valence-corrected chi connectivity index (χ4v) is 3.15. The Morgan fingerprint density at radius 2 is 1.70 bits per heavy atom. The van der Waals surface area contributed by atoms with Crippen LogP contribution in [0.3, 0.4) is 0 Å². The first-order chi connectivity index (χ1) is 10.8. The lowest BCUT2D eigenvalue weighted by Crippen LogP contribution is -2.79. The number of ketones is 1. The van der Waals surface area contributed by atoms with Gasteiger partial charge >= 0.3 is 17.9 Å². The number of nitrogens with one attached hydrogen (secondary N) is 1. The molecular formula is C14H17NO8. The SMILES string of the molecule is CCOC(=O)[C@]12C[C@@H](OC(C)=O)[C@@]1(C(=O)OCC)NC(=O)C2=O. The van der Waals surface area contributed by atoms with Gasteiger partial charge in [-0.1, -0.05) is 0 Å². The van der Waals surface area contributed by atoms with E-state index in [1.165, 1.54) is 13.8 Å². The van der Waals surface area contributed by atoms with Crippen molar-refractivity contribution >= 4 is 29.6 Å². The number of carbonyl (C=O) groups is 5. The highest BCUT2D eigenvalue weighted by Crippen LogP contribution is 2.57. The van der Waals surface area contributed by atoms with Crippen molar-refractivity contribution in [2.24, 2.45) is 5.41 Å². The van der Waals surface area contributed by atoms with E-state index in [9.17, 15) is 24.0 Å². The van der Waals surface area contributed by atoms with Gasteiger partial charge < -0.3 is 19.5 Å². The number of amides is 1. The smallest absolute Gasteiger partial charge is 0.337 e. The number of ether oxygens (including phenoxy) is 3. The van der Waals surface area contributed by atoms with E-state index in [4.69, 9.17) is 14.2 Å². The molecule has 0 bridgehead atoms. The van der Waals surface area contributed by atoms with Crippen LogP contribution in [0.1, 0.15) is 27.2 Å². The van der Waals surface area contributed by atoms with E-state index in [2.05, 4.69) is 5.32 Å². The monoisotopic (exact) mass is 327 g/mol. The van der Waals surface area contributed by atoms with Gasteiger partial charge in [0.2, 0.25) is 5.78 Å². The highest BCUT2D eigenvalue weighted by Gasteiger charge is 2.85. The molecule has 1 saturated heterocycles. The average molecular weight is 327 g/mol. The molecule has 0 unspecified atom stereocenters. The molecule has 126 valence electrons. The Bertz CT molecular complexity index is 600. The summed E-state index contributed by atoms with van der Waals surface area (Å²) in [5.41, 5.74) is -4.14. The molecule has 2 rings (SSSR count). The molecule has 9 heteroatoms. The summed E-state index contributed by atoms with van der Waals surface area (Å²) in [5, 5.41) is 2.20. The highest BCUT2D eigenvalue weighted by molar-refractivity contribution is 6.47. The summed E-state index contributed by atoms with van der Waals surface area (Å²) in [6.45, 7) is 4.08. The van der Waals surface area contributed by atoms with Crippen LogP contribution in [0.15, 0.2) is 0 Å². The van der Waals surface area contributed by atoms with Gasteiger partial charge in [0.05, 0.1) is 13.2 Å². The number of esters is 3. The molecule has 1 heterocycles. The first kappa shape index (κ1) is 16.9. The Labute approximate surface area is 131 Å². The molecule has 0 aromatic heterocycles. The van der Waals surface area contributed by atoms with Crippen LogP contribution < -0.4 is 5.32 Å².